The lowest BCUT2D eigenvalue weighted by Crippen LogP contribution is -2.33. The zero-order valence-corrected chi connectivity index (χ0v) is 12.4. The number of rotatable bonds is 4. The third-order valence-electron chi connectivity index (χ3n) is 3.65. The maximum atomic E-state index is 12.2. The lowest BCUT2D eigenvalue weighted by molar-refractivity contribution is -0.131. The SMILES string of the molecule is Cc1cc(O[C@@H]2CCN(C(=O)Cn3cccc3)C2)cc(=O)o1. The van der Waals surface area contributed by atoms with Crippen LogP contribution in [0.2, 0.25) is 0 Å². The highest BCUT2D eigenvalue weighted by molar-refractivity contribution is 5.76. The van der Waals surface area contributed by atoms with Gasteiger partial charge >= 0.3 is 5.63 Å². The molecule has 116 valence electrons. The predicted octanol–water partition coefficient (Wildman–Crippen LogP) is 1.43. The van der Waals surface area contributed by atoms with Gasteiger partial charge in [0.15, 0.2) is 0 Å². The van der Waals surface area contributed by atoms with E-state index in [1.165, 1.54) is 6.07 Å². The minimum absolute atomic E-state index is 0.0751. The molecule has 0 aliphatic carbocycles. The van der Waals surface area contributed by atoms with Crippen LogP contribution in [0.15, 0.2) is 45.9 Å². The fourth-order valence-corrected chi connectivity index (χ4v) is 2.62. The predicted molar refractivity (Wildman–Crippen MR) is 79.8 cm³/mol. The van der Waals surface area contributed by atoms with Crippen LogP contribution < -0.4 is 10.4 Å². The molecule has 1 atom stereocenters. The lowest BCUT2D eigenvalue weighted by Gasteiger charge is -2.17. The van der Waals surface area contributed by atoms with Gasteiger partial charge < -0.3 is 18.6 Å². The van der Waals surface area contributed by atoms with E-state index in [1.54, 1.807) is 17.9 Å². The Hall–Kier alpha value is -2.50. The number of aryl methyl sites for hydroxylation is 1. The average Bonchev–Trinajstić information content (AvgIpc) is 3.09. The van der Waals surface area contributed by atoms with Crippen LogP contribution in [0.4, 0.5) is 0 Å². The van der Waals surface area contributed by atoms with E-state index in [0.717, 1.165) is 6.42 Å². The molecule has 3 heterocycles. The van der Waals surface area contributed by atoms with Gasteiger partial charge in [0, 0.05) is 31.4 Å². The Balaban J connectivity index is 1.57. The first kappa shape index (κ1) is 14.4. The summed E-state index contributed by atoms with van der Waals surface area (Å²) in [5, 5.41) is 0. The van der Waals surface area contributed by atoms with Crippen molar-refractivity contribution in [2.24, 2.45) is 0 Å². The Morgan fingerprint density at radius 2 is 2.14 bits per heavy atom. The third-order valence-corrected chi connectivity index (χ3v) is 3.65. The van der Waals surface area contributed by atoms with E-state index in [1.807, 2.05) is 29.1 Å². The van der Waals surface area contributed by atoms with Crippen molar-refractivity contribution in [1.82, 2.24) is 9.47 Å². The molecule has 22 heavy (non-hydrogen) atoms. The molecule has 0 N–H and O–H groups in total. The smallest absolute Gasteiger partial charge is 0.339 e. The van der Waals surface area contributed by atoms with Crippen LogP contribution in [0, 0.1) is 6.92 Å². The molecule has 1 fully saturated rings. The quantitative estimate of drug-likeness (QED) is 0.857. The monoisotopic (exact) mass is 302 g/mol. The maximum Gasteiger partial charge on any atom is 0.339 e. The summed E-state index contributed by atoms with van der Waals surface area (Å²) >= 11 is 0. The zero-order chi connectivity index (χ0) is 15.5. The Bertz CT molecular complexity index is 705. The molecule has 1 aliphatic rings. The van der Waals surface area contributed by atoms with Gasteiger partial charge in [0.05, 0.1) is 12.6 Å². The molecule has 1 saturated heterocycles. The molecule has 0 aromatic carbocycles. The second kappa shape index (κ2) is 6.09. The van der Waals surface area contributed by atoms with Gasteiger partial charge in [0.25, 0.3) is 0 Å². The number of likely N-dealkylation sites (tertiary alicyclic amines) is 1. The molecule has 1 aliphatic heterocycles. The third kappa shape index (κ3) is 3.39. The summed E-state index contributed by atoms with van der Waals surface area (Å²) in [5.41, 5.74) is -0.423. The van der Waals surface area contributed by atoms with Gasteiger partial charge in [-0.15, -0.1) is 0 Å². The summed E-state index contributed by atoms with van der Waals surface area (Å²) in [6, 6.07) is 6.81. The second-order valence-electron chi connectivity index (χ2n) is 5.45. The van der Waals surface area contributed by atoms with Gasteiger partial charge in [-0.1, -0.05) is 0 Å². The molecular formula is C16H18N2O4. The van der Waals surface area contributed by atoms with Crippen LogP contribution in [0.3, 0.4) is 0 Å². The number of carbonyl (C=O) groups is 1. The Labute approximate surface area is 127 Å². The van der Waals surface area contributed by atoms with Crippen molar-refractivity contribution in [2.75, 3.05) is 13.1 Å². The normalized spacial score (nSPS) is 17.7. The fraction of sp³-hybridized carbons (Fsp3) is 0.375. The van der Waals surface area contributed by atoms with Gasteiger partial charge in [-0.25, -0.2) is 4.79 Å². The highest BCUT2D eigenvalue weighted by atomic mass is 16.5. The number of carbonyl (C=O) groups excluding carboxylic acids is 1. The first-order chi connectivity index (χ1) is 10.6. The molecule has 3 rings (SSSR count). The van der Waals surface area contributed by atoms with Crippen LogP contribution in [0.1, 0.15) is 12.2 Å². The topological polar surface area (TPSA) is 64.7 Å². The van der Waals surface area contributed by atoms with Crippen molar-refractivity contribution < 1.29 is 13.9 Å². The van der Waals surface area contributed by atoms with Crippen LogP contribution in [0.25, 0.3) is 0 Å². The minimum Gasteiger partial charge on any atom is -0.488 e. The summed E-state index contributed by atoms with van der Waals surface area (Å²) in [5.74, 6) is 1.09. The molecule has 0 unspecified atom stereocenters. The molecule has 2 aromatic rings. The average molecular weight is 302 g/mol. The van der Waals surface area contributed by atoms with Gasteiger partial charge in [-0.05, 0) is 19.1 Å². The fourth-order valence-electron chi connectivity index (χ4n) is 2.62. The number of hydrogen-bond donors (Lipinski definition) is 0. The van der Waals surface area contributed by atoms with Crippen molar-refractivity contribution in [3.63, 3.8) is 0 Å². The van der Waals surface area contributed by atoms with Gasteiger partial charge in [-0.2, -0.15) is 0 Å². The van der Waals surface area contributed by atoms with Crippen molar-refractivity contribution in [1.29, 1.82) is 0 Å². The van der Waals surface area contributed by atoms with E-state index >= 15 is 0 Å². The summed E-state index contributed by atoms with van der Waals surface area (Å²) < 4.78 is 12.5. The molecular weight excluding hydrogens is 284 g/mol. The summed E-state index contributed by atoms with van der Waals surface area (Å²) in [6.07, 6.45) is 4.41. The first-order valence-electron chi connectivity index (χ1n) is 7.27. The largest absolute Gasteiger partial charge is 0.488 e. The van der Waals surface area contributed by atoms with Crippen LogP contribution in [0.5, 0.6) is 5.75 Å². The molecule has 2 aromatic heterocycles. The highest BCUT2D eigenvalue weighted by Crippen LogP contribution is 2.18. The van der Waals surface area contributed by atoms with Crippen LogP contribution in [-0.4, -0.2) is 34.6 Å². The van der Waals surface area contributed by atoms with Gasteiger partial charge in [-0.3, -0.25) is 4.79 Å². The molecule has 0 radical (unpaired) electrons. The minimum atomic E-state index is -0.423. The molecule has 0 saturated carbocycles. The van der Waals surface area contributed by atoms with E-state index < -0.39 is 5.63 Å². The van der Waals surface area contributed by atoms with Crippen molar-refractivity contribution >= 4 is 5.91 Å². The first-order valence-corrected chi connectivity index (χ1v) is 7.27. The molecule has 0 bridgehead atoms. The van der Waals surface area contributed by atoms with Gasteiger partial charge in [0.1, 0.15) is 24.2 Å². The molecule has 6 nitrogen and oxygen atoms in total. The highest BCUT2D eigenvalue weighted by Gasteiger charge is 2.27. The molecule has 1 amide bonds. The number of hydrogen-bond acceptors (Lipinski definition) is 4. The van der Waals surface area contributed by atoms with Crippen molar-refractivity contribution in [3.8, 4) is 5.75 Å². The second-order valence-corrected chi connectivity index (χ2v) is 5.45. The van der Waals surface area contributed by atoms with Crippen LogP contribution >= 0.6 is 0 Å². The van der Waals surface area contributed by atoms with Crippen molar-refractivity contribution in [3.05, 3.63) is 52.8 Å². The number of amides is 1. The summed E-state index contributed by atoms with van der Waals surface area (Å²) in [7, 11) is 0. The Kier molecular flexibility index (Phi) is 4.00. The van der Waals surface area contributed by atoms with E-state index in [2.05, 4.69) is 0 Å². The number of ether oxygens (including phenoxy) is 1. The standard InChI is InChI=1S/C16H18N2O4/c1-12-8-14(9-16(20)21-12)22-13-4-7-18(10-13)15(19)11-17-5-2-3-6-17/h2-3,5-6,8-9,13H,4,7,10-11H2,1H3/t13-/m1/s1. The van der Waals surface area contributed by atoms with E-state index in [0.29, 0.717) is 31.1 Å². The van der Waals surface area contributed by atoms with E-state index in [4.69, 9.17) is 9.15 Å². The van der Waals surface area contributed by atoms with Crippen molar-refractivity contribution in [2.45, 2.75) is 26.0 Å². The summed E-state index contributed by atoms with van der Waals surface area (Å²) in [6.45, 7) is 3.26. The lowest BCUT2D eigenvalue weighted by atomic mass is 10.3. The van der Waals surface area contributed by atoms with E-state index in [-0.39, 0.29) is 12.0 Å². The Morgan fingerprint density at radius 1 is 1.36 bits per heavy atom. The molecule has 0 spiro atoms. The van der Waals surface area contributed by atoms with Crippen LogP contribution in [-0.2, 0) is 11.3 Å². The summed E-state index contributed by atoms with van der Waals surface area (Å²) in [4.78, 5) is 25.3. The number of nitrogens with zero attached hydrogens (tertiary/aromatic N) is 2. The maximum absolute atomic E-state index is 12.2. The van der Waals surface area contributed by atoms with E-state index in [9.17, 15) is 9.59 Å². The Morgan fingerprint density at radius 3 is 2.86 bits per heavy atom. The number of aromatic nitrogens is 1. The molecule has 6 heteroatoms. The zero-order valence-electron chi connectivity index (χ0n) is 12.4. The van der Waals surface area contributed by atoms with Gasteiger partial charge in [0.2, 0.25) is 5.91 Å².